The van der Waals surface area contributed by atoms with E-state index in [4.69, 9.17) is 0 Å². The lowest BCUT2D eigenvalue weighted by Crippen LogP contribution is -2.16. The lowest BCUT2D eigenvalue weighted by Gasteiger charge is -2.17. The van der Waals surface area contributed by atoms with Crippen LogP contribution in [-0.2, 0) is 19.4 Å². The Balaban J connectivity index is 1.49. The third-order valence-electron chi connectivity index (χ3n) is 5.18. The van der Waals surface area contributed by atoms with Crippen LogP contribution >= 0.6 is 11.3 Å². The van der Waals surface area contributed by atoms with E-state index < -0.39 is 0 Å². The lowest BCUT2D eigenvalue weighted by molar-refractivity contribution is 0.711. The van der Waals surface area contributed by atoms with Crippen LogP contribution in [0.15, 0.2) is 41.8 Å². The van der Waals surface area contributed by atoms with Crippen LogP contribution in [0.4, 0.5) is 10.8 Å². The number of rotatable bonds is 5. The molecule has 4 nitrogen and oxygen atoms in total. The fourth-order valence-electron chi connectivity index (χ4n) is 3.64. The van der Waals surface area contributed by atoms with E-state index in [1.807, 2.05) is 7.05 Å². The molecule has 0 radical (unpaired) electrons. The Morgan fingerprint density at radius 3 is 2.67 bits per heavy atom. The molecule has 0 aliphatic carbocycles. The Morgan fingerprint density at radius 1 is 1.07 bits per heavy atom. The molecule has 5 heteroatoms. The van der Waals surface area contributed by atoms with Crippen LogP contribution in [0.5, 0.6) is 0 Å². The first-order chi connectivity index (χ1) is 13.2. The van der Waals surface area contributed by atoms with Crippen LogP contribution < -0.4 is 16.0 Å². The van der Waals surface area contributed by atoms with Gasteiger partial charge in [-0.1, -0.05) is 36.4 Å². The predicted octanol–water partition coefficient (Wildman–Crippen LogP) is 4.46. The highest BCUT2D eigenvalue weighted by Crippen LogP contribution is 2.28. The van der Waals surface area contributed by atoms with Crippen molar-refractivity contribution in [1.29, 1.82) is 0 Å². The first-order valence-corrected chi connectivity index (χ1v) is 10.4. The molecule has 0 saturated heterocycles. The number of nitrogens with zero attached hydrogens (tertiary/aromatic N) is 1. The molecule has 0 saturated carbocycles. The number of fused-ring (bicyclic) bond motifs is 1. The molecule has 1 aliphatic heterocycles. The van der Waals surface area contributed by atoms with Gasteiger partial charge in [-0.25, -0.2) is 4.98 Å². The summed E-state index contributed by atoms with van der Waals surface area (Å²) >= 11 is 1.63. The summed E-state index contributed by atoms with van der Waals surface area (Å²) in [6.45, 7) is 5.17. The number of nitrogens with one attached hydrogen (secondary N) is 3. The molecule has 0 amide bonds. The summed E-state index contributed by atoms with van der Waals surface area (Å²) in [5.41, 5.74) is 9.08. The van der Waals surface area contributed by atoms with Crippen LogP contribution in [0.2, 0.25) is 0 Å². The molecule has 3 aromatic rings. The van der Waals surface area contributed by atoms with Gasteiger partial charge in [0.15, 0.2) is 5.13 Å². The number of anilines is 2. The van der Waals surface area contributed by atoms with Crippen molar-refractivity contribution in [3.63, 3.8) is 0 Å². The maximum atomic E-state index is 4.58. The molecule has 1 aromatic heterocycles. The van der Waals surface area contributed by atoms with Gasteiger partial charge in [-0.2, -0.15) is 0 Å². The van der Waals surface area contributed by atoms with Crippen molar-refractivity contribution in [3.05, 3.63) is 64.0 Å². The van der Waals surface area contributed by atoms with E-state index in [2.05, 4.69) is 69.6 Å². The molecule has 0 atom stereocenters. The molecule has 4 rings (SSSR count). The zero-order valence-electron chi connectivity index (χ0n) is 15.9. The van der Waals surface area contributed by atoms with E-state index in [0.717, 1.165) is 48.9 Å². The Bertz CT molecular complexity index is 915. The number of benzene rings is 2. The lowest BCUT2D eigenvalue weighted by atomic mass is 9.97. The highest BCUT2D eigenvalue weighted by molar-refractivity contribution is 7.14. The van der Waals surface area contributed by atoms with Crippen molar-refractivity contribution in [2.24, 2.45) is 0 Å². The van der Waals surface area contributed by atoms with Gasteiger partial charge in [0.25, 0.3) is 0 Å². The fraction of sp³-hybridized carbons (Fsp3) is 0.318. The van der Waals surface area contributed by atoms with Crippen molar-refractivity contribution in [2.45, 2.75) is 26.3 Å². The summed E-state index contributed by atoms with van der Waals surface area (Å²) in [4.78, 5) is 4.58. The second-order valence-corrected chi connectivity index (χ2v) is 7.84. The summed E-state index contributed by atoms with van der Waals surface area (Å²) in [5, 5.41) is 13.3. The Labute approximate surface area is 165 Å². The summed E-state index contributed by atoms with van der Waals surface area (Å²) < 4.78 is 0. The van der Waals surface area contributed by atoms with Gasteiger partial charge in [0.1, 0.15) is 0 Å². The maximum absolute atomic E-state index is 4.58. The molecule has 2 aromatic carbocycles. The van der Waals surface area contributed by atoms with E-state index in [9.17, 15) is 0 Å². The van der Waals surface area contributed by atoms with E-state index in [1.165, 1.54) is 27.9 Å². The molecule has 0 fully saturated rings. The molecular weight excluding hydrogens is 352 g/mol. The summed E-state index contributed by atoms with van der Waals surface area (Å²) in [6, 6.07) is 13.3. The van der Waals surface area contributed by atoms with Crippen molar-refractivity contribution in [2.75, 3.05) is 30.8 Å². The third kappa shape index (κ3) is 3.99. The number of thiazole rings is 1. The minimum absolute atomic E-state index is 0.837. The number of aryl methyl sites for hydroxylation is 1. The molecule has 3 N–H and O–H groups in total. The second kappa shape index (κ2) is 8.11. The van der Waals surface area contributed by atoms with Crippen LogP contribution in [0.3, 0.4) is 0 Å². The largest absolute Gasteiger partial charge is 0.381 e. The van der Waals surface area contributed by atoms with Gasteiger partial charge in [0.05, 0.1) is 5.69 Å². The van der Waals surface area contributed by atoms with E-state index >= 15 is 0 Å². The molecule has 0 bridgehead atoms. The van der Waals surface area contributed by atoms with Crippen molar-refractivity contribution < 1.29 is 0 Å². The highest BCUT2D eigenvalue weighted by Gasteiger charge is 2.13. The topological polar surface area (TPSA) is 49.0 Å². The SMILES string of the molecule is CNc1nc(-c2ccc(CNc3c(C)ccc4c3CCNCC4)cc2)cs1. The van der Waals surface area contributed by atoms with Crippen molar-refractivity contribution >= 4 is 22.2 Å². The Hall–Kier alpha value is -2.37. The van der Waals surface area contributed by atoms with E-state index in [0.29, 0.717) is 0 Å². The molecule has 27 heavy (non-hydrogen) atoms. The van der Waals surface area contributed by atoms with Gasteiger partial charge in [-0.3, -0.25) is 0 Å². The minimum atomic E-state index is 0.837. The average Bonchev–Trinajstić information content (AvgIpc) is 3.06. The van der Waals surface area contributed by atoms with Gasteiger partial charge in [0, 0.05) is 30.2 Å². The normalized spacial score (nSPS) is 13.7. The van der Waals surface area contributed by atoms with Gasteiger partial charge in [-0.15, -0.1) is 11.3 Å². The summed E-state index contributed by atoms with van der Waals surface area (Å²) in [6.07, 6.45) is 2.21. The van der Waals surface area contributed by atoms with Crippen LogP contribution in [0.1, 0.15) is 22.3 Å². The summed E-state index contributed by atoms with van der Waals surface area (Å²) in [7, 11) is 1.90. The molecule has 0 unspecified atom stereocenters. The van der Waals surface area contributed by atoms with Gasteiger partial charge < -0.3 is 16.0 Å². The second-order valence-electron chi connectivity index (χ2n) is 6.98. The Morgan fingerprint density at radius 2 is 1.89 bits per heavy atom. The quantitative estimate of drug-likeness (QED) is 0.613. The maximum Gasteiger partial charge on any atom is 0.182 e. The highest BCUT2D eigenvalue weighted by atomic mass is 32.1. The number of hydrogen-bond acceptors (Lipinski definition) is 5. The van der Waals surface area contributed by atoms with Gasteiger partial charge in [-0.05, 0) is 55.1 Å². The molecule has 2 heterocycles. The summed E-state index contributed by atoms with van der Waals surface area (Å²) in [5.74, 6) is 0. The van der Waals surface area contributed by atoms with Crippen molar-refractivity contribution in [1.82, 2.24) is 10.3 Å². The van der Waals surface area contributed by atoms with Crippen LogP contribution in [0.25, 0.3) is 11.3 Å². The Kier molecular flexibility index (Phi) is 5.41. The molecule has 0 spiro atoms. The van der Waals surface area contributed by atoms with Crippen LogP contribution in [-0.4, -0.2) is 25.1 Å². The van der Waals surface area contributed by atoms with Crippen LogP contribution in [0, 0.1) is 6.92 Å². The third-order valence-corrected chi connectivity index (χ3v) is 6.04. The first-order valence-electron chi connectivity index (χ1n) is 9.53. The zero-order valence-corrected chi connectivity index (χ0v) is 16.7. The minimum Gasteiger partial charge on any atom is -0.381 e. The number of hydrogen-bond donors (Lipinski definition) is 3. The number of aromatic nitrogens is 1. The van der Waals surface area contributed by atoms with Crippen molar-refractivity contribution in [3.8, 4) is 11.3 Å². The average molecular weight is 379 g/mol. The monoisotopic (exact) mass is 378 g/mol. The zero-order chi connectivity index (χ0) is 18.6. The van der Waals surface area contributed by atoms with E-state index in [-0.39, 0.29) is 0 Å². The molecule has 140 valence electrons. The van der Waals surface area contributed by atoms with Gasteiger partial charge >= 0.3 is 0 Å². The molecular formula is C22H26N4S. The fourth-order valence-corrected chi connectivity index (χ4v) is 4.32. The standard InChI is InChI=1S/C22H26N4S/c1-15-3-6-17-9-11-24-12-10-19(17)21(15)25-13-16-4-7-18(8-5-16)20-14-27-22(23-2)26-20/h3-8,14,24-25H,9-13H2,1-2H3,(H,23,26). The smallest absolute Gasteiger partial charge is 0.182 e. The predicted molar refractivity (Wildman–Crippen MR) is 116 cm³/mol. The van der Waals surface area contributed by atoms with E-state index in [1.54, 1.807) is 11.3 Å². The van der Waals surface area contributed by atoms with Gasteiger partial charge in [0.2, 0.25) is 0 Å². The molecule has 1 aliphatic rings. The first kappa shape index (κ1) is 18.0.